The Balaban J connectivity index is 1.52. The molecule has 1 aromatic rings. The monoisotopic (exact) mass is 390 g/mol. The van der Waals surface area contributed by atoms with Gasteiger partial charge in [-0.1, -0.05) is 12.8 Å². The molecule has 2 bridgehead atoms. The van der Waals surface area contributed by atoms with E-state index in [1.165, 1.54) is 0 Å². The van der Waals surface area contributed by atoms with Crippen LogP contribution in [0.1, 0.15) is 55.9 Å². The highest BCUT2D eigenvalue weighted by Gasteiger charge is 2.55. The Morgan fingerprint density at radius 3 is 2.50 bits per heavy atom. The van der Waals surface area contributed by atoms with E-state index in [-0.39, 0.29) is 23.7 Å². The van der Waals surface area contributed by atoms with Crippen LogP contribution < -0.4 is 10.6 Å². The summed E-state index contributed by atoms with van der Waals surface area (Å²) in [6.07, 6.45) is 6.24. The van der Waals surface area contributed by atoms with Crippen molar-refractivity contribution in [3.05, 3.63) is 11.9 Å². The number of carboxylic acids is 1. The van der Waals surface area contributed by atoms with Crippen LogP contribution in [0.2, 0.25) is 0 Å². The Morgan fingerprint density at radius 2 is 1.86 bits per heavy atom. The van der Waals surface area contributed by atoms with Crippen molar-refractivity contribution in [1.29, 1.82) is 0 Å². The number of aliphatic carboxylic acids is 1. The molecule has 4 atom stereocenters. The molecule has 0 radical (unpaired) electrons. The molecule has 3 fully saturated rings. The molecule has 1 saturated carbocycles. The van der Waals surface area contributed by atoms with Crippen molar-refractivity contribution >= 4 is 23.5 Å². The largest absolute Gasteiger partial charge is 0.481 e. The summed E-state index contributed by atoms with van der Waals surface area (Å²) in [5.74, 6) is -3.36. The van der Waals surface area contributed by atoms with Gasteiger partial charge in [0.05, 0.1) is 29.7 Å². The number of aromatic nitrogens is 2. The molecule has 1 aliphatic carbocycles. The summed E-state index contributed by atoms with van der Waals surface area (Å²) in [4.78, 5) is 37.2. The molecule has 2 aliphatic heterocycles. The van der Waals surface area contributed by atoms with E-state index in [0.717, 1.165) is 25.7 Å². The number of hydrogen-bond acceptors (Lipinski definition) is 5. The average molecular weight is 390 g/mol. The average Bonchev–Trinajstić information content (AvgIpc) is 3.44. The van der Waals surface area contributed by atoms with Gasteiger partial charge in [-0.25, -0.2) is 0 Å². The van der Waals surface area contributed by atoms with E-state index in [1.807, 2.05) is 6.92 Å². The summed E-state index contributed by atoms with van der Waals surface area (Å²) in [7, 11) is 0. The summed E-state index contributed by atoms with van der Waals surface area (Å²) in [6.45, 7) is 2.44. The van der Waals surface area contributed by atoms with E-state index < -0.39 is 29.8 Å². The zero-order valence-electron chi connectivity index (χ0n) is 15.9. The van der Waals surface area contributed by atoms with Gasteiger partial charge in [-0.05, 0) is 32.6 Å². The van der Waals surface area contributed by atoms with Gasteiger partial charge in [0, 0.05) is 18.8 Å². The topological polar surface area (TPSA) is 123 Å². The first-order chi connectivity index (χ1) is 13.5. The molecule has 4 rings (SSSR count). The van der Waals surface area contributed by atoms with E-state index in [4.69, 9.17) is 4.74 Å². The Bertz CT molecular complexity index is 785. The zero-order valence-corrected chi connectivity index (χ0v) is 15.9. The molecule has 3 N–H and O–H groups in total. The zero-order chi connectivity index (χ0) is 19.8. The van der Waals surface area contributed by atoms with Crippen LogP contribution in [0.5, 0.6) is 0 Å². The number of rotatable bonds is 6. The molecule has 0 aromatic carbocycles. The third kappa shape index (κ3) is 3.39. The fraction of sp³-hybridized carbons (Fsp3) is 0.684. The highest BCUT2D eigenvalue weighted by molar-refractivity contribution is 6.03. The number of amides is 2. The normalized spacial score (nSPS) is 29.2. The SMILES string of the molecule is CCn1cc(NC(=O)[C@H]2[C@@H](C(=O)O)[C@H]3CC[C@H]2O3)c(C(=O)NC2CCCC2)n1. The molecule has 3 heterocycles. The molecule has 152 valence electrons. The van der Waals surface area contributed by atoms with E-state index in [0.29, 0.717) is 25.1 Å². The molecular weight excluding hydrogens is 364 g/mol. The second-order valence-electron chi connectivity index (χ2n) is 7.87. The van der Waals surface area contributed by atoms with Crippen molar-refractivity contribution in [3.63, 3.8) is 0 Å². The van der Waals surface area contributed by atoms with Crippen LogP contribution >= 0.6 is 0 Å². The fourth-order valence-electron chi connectivity index (χ4n) is 4.71. The van der Waals surface area contributed by atoms with Crippen molar-refractivity contribution in [2.24, 2.45) is 11.8 Å². The number of carbonyl (C=O) groups excluding carboxylic acids is 2. The van der Waals surface area contributed by atoms with E-state index >= 15 is 0 Å². The van der Waals surface area contributed by atoms with Crippen LogP contribution in [0, 0.1) is 11.8 Å². The van der Waals surface area contributed by atoms with Crippen molar-refractivity contribution in [2.75, 3.05) is 5.32 Å². The highest BCUT2D eigenvalue weighted by Crippen LogP contribution is 2.44. The van der Waals surface area contributed by atoms with E-state index in [9.17, 15) is 19.5 Å². The lowest BCUT2D eigenvalue weighted by molar-refractivity contribution is -0.147. The van der Waals surface area contributed by atoms with Gasteiger partial charge < -0.3 is 20.5 Å². The van der Waals surface area contributed by atoms with Gasteiger partial charge in [-0.3, -0.25) is 19.1 Å². The second-order valence-corrected chi connectivity index (χ2v) is 7.87. The number of nitrogens with zero attached hydrogens (tertiary/aromatic N) is 2. The number of hydrogen-bond donors (Lipinski definition) is 3. The molecule has 2 amide bonds. The van der Waals surface area contributed by atoms with Crippen LogP contribution in [0.25, 0.3) is 0 Å². The summed E-state index contributed by atoms with van der Waals surface area (Å²) < 4.78 is 7.26. The van der Waals surface area contributed by atoms with Gasteiger partial charge >= 0.3 is 5.97 Å². The van der Waals surface area contributed by atoms with Gasteiger partial charge in [0.1, 0.15) is 0 Å². The molecule has 28 heavy (non-hydrogen) atoms. The number of ether oxygens (including phenoxy) is 1. The molecule has 0 spiro atoms. The van der Waals surface area contributed by atoms with Gasteiger partial charge in [-0.15, -0.1) is 0 Å². The van der Waals surface area contributed by atoms with E-state index in [1.54, 1.807) is 10.9 Å². The summed E-state index contributed by atoms with van der Waals surface area (Å²) >= 11 is 0. The lowest BCUT2D eigenvalue weighted by atomic mass is 9.78. The van der Waals surface area contributed by atoms with E-state index in [2.05, 4.69) is 15.7 Å². The minimum absolute atomic E-state index is 0.137. The molecule has 0 unspecified atom stereocenters. The van der Waals surface area contributed by atoms with Crippen LogP contribution in [-0.2, 0) is 20.9 Å². The molecule has 3 aliphatic rings. The van der Waals surface area contributed by atoms with Crippen LogP contribution in [-0.4, -0.2) is 50.9 Å². The number of aryl methyl sites for hydroxylation is 1. The standard InChI is InChI=1S/C19H26N4O5/c1-2-23-9-11(16(22-23)18(25)20-10-5-3-4-6-10)21-17(24)14-12-7-8-13(28-12)15(14)19(26)27/h9-10,12-15H,2-8H2,1H3,(H,20,25)(H,21,24)(H,26,27)/t12-,13-,14-,15+/m1/s1. The maximum Gasteiger partial charge on any atom is 0.310 e. The predicted molar refractivity (Wildman–Crippen MR) is 98.8 cm³/mol. The van der Waals surface area contributed by atoms with Crippen molar-refractivity contribution < 1.29 is 24.2 Å². The first-order valence-corrected chi connectivity index (χ1v) is 10.1. The third-order valence-electron chi connectivity index (χ3n) is 6.11. The van der Waals surface area contributed by atoms with Crippen LogP contribution in [0.4, 0.5) is 5.69 Å². The van der Waals surface area contributed by atoms with Gasteiger partial charge in [0.2, 0.25) is 5.91 Å². The number of nitrogens with one attached hydrogen (secondary N) is 2. The third-order valence-corrected chi connectivity index (χ3v) is 6.11. The number of fused-ring (bicyclic) bond motifs is 2. The van der Waals surface area contributed by atoms with Crippen LogP contribution in [0.15, 0.2) is 6.20 Å². The molecule has 9 nitrogen and oxygen atoms in total. The van der Waals surface area contributed by atoms with Crippen molar-refractivity contribution in [2.45, 2.75) is 70.2 Å². The molecule has 2 saturated heterocycles. The summed E-state index contributed by atoms with van der Waals surface area (Å²) in [6, 6.07) is 0.137. The van der Waals surface area contributed by atoms with Crippen molar-refractivity contribution in [1.82, 2.24) is 15.1 Å². The molecule has 1 aromatic heterocycles. The lowest BCUT2D eigenvalue weighted by Gasteiger charge is -2.23. The molecular formula is C19H26N4O5. The first kappa shape index (κ1) is 18.9. The van der Waals surface area contributed by atoms with Gasteiger partial charge in [0.15, 0.2) is 5.69 Å². The van der Waals surface area contributed by atoms with Crippen LogP contribution in [0.3, 0.4) is 0 Å². The number of carboxylic acid groups (broad SMARTS) is 1. The maximum absolute atomic E-state index is 12.9. The highest BCUT2D eigenvalue weighted by atomic mass is 16.5. The number of carbonyl (C=O) groups is 3. The molecule has 9 heteroatoms. The summed E-state index contributed by atoms with van der Waals surface area (Å²) in [5, 5.41) is 19.6. The smallest absolute Gasteiger partial charge is 0.310 e. The predicted octanol–water partition coefficient (Wildman–Crippen LogP) is 1.39. The van der Waals surface area contributed by atoms with Gasteiger partial charge in [0.25, 0.3) is 5.91 Å². The maximum atomic E-state index is 12.9. The summed E-state index contributed by atoms with van der Waals surface area (Å²) in [5.41, 5.74) is 0.479. The minimum atomic E-state index is -1.02. The van der Waals surface area contributed by atoms with Crippen molar-refractivity contribution in [3.8, 4) is 0 Å². The number of anilines is 1. The first-order valence-electron chi connectivity index (χ1n) is 10.1. The van der Waals surface area contributed by atoms with Gasteiger partial charge in [-0.2, -0.15) is 5.10 Å². The second kappa shape index (κ2) is 7.54. The minimum Gasteiger partial charge on any atom is -0.481 e. The quantitative estimate of drug-likeness (QED) is 0.675. The Hall–Kier alpha value is -2.42. The Morgan fingerprint density at radius 1 is 1.18 bits per heavy atom. The Kier molecular flexibility index (Phi) is 5.09. The lowest BCUT2D eigenvalue weighted by Crippen LogP contribution is -2.41. The fourth-order valence-corrected chi connectivity index (χ4v) is 4.71. The Labute approximate surface area is 162 Å².